The van der Waals surface area contributed by atoms with Crippen LogP contribution in [0.1, 0.15) is 48.4 Å². The van der Waals surface area contributed by atoms with Crippen LogP contribution in [0.5, 0.6) is 0 Å². The molecule has 10 heteroatoms. The standard InChI is InChI=1S/C23H19Cl3N2O4S/c1-4-32-23(31)18-12(3)19(21(30)27-17-7-5-6-14(24)11(17)2)33-22(18)28-20(29)13-8-9-15(25)16(26)10-13/h5-10H,4H2,1-3H3,(H,27,30)(H,28,29). The topological polar surface area (TPSA) is 84.5 Å². The molecule has 3 aromatic rings. The molecule has 0 saturated carbocycles. The molecule has 0 spiro atoms. The number of ether oxygens (including phenoxy) is 1. The van der Waals surface area contributed by atoms with E-state index in [0.717, 1.165) is 11.3 Å². The van der Waals surface area contributed by atoms with Crippen LogP contribution in [0.15, 0.2) is 36.4 Å². The van der Waals surface area contributed by atoms with E-state index in [-0.39, 0.29) is 32.6 Å². The van der Waals surface area contributed by atoms with E-state index in [1.807, 2.05) is 0 Å². The van der Waals surface area contributed by atoms with Crippen molar-refractivity contribution in [1.82, 2.24) is 0 Å². The number of nitrogens with one attached hydrogen (secondary N) is 2. The van der Waals surface area contributed by atoms with Crippen LogP contribution in [0, 0.1) is 13.8 Å². The minimum atomic E-state index is -0.645. The summed E-state index contributed by atoms with van der Waals surface area (Å²) in [7, 11) is 0. The van der Waals surface area contributed by atoms with Gasteiger partial charge in [-0.25, -0.2) is 4.79 Å². The molecule has 0 radical (unpaired) electrons. The summed E-state index contributed by atoms with van der Waals surface area (Å²) in [5, 5.41) is 6.72. The lowest BCUT2D eigenvalue weighted by Crippen LogP contribution is -2.15. The molecule has 1 heterocycles. The number of rotatable bonds is 6. The van der Waals surface area contributed by atoms with Gasteiger partial charge in [0.2, 0.25) is 0 Å². The molecule has 0 fully saturated rings. The van der Waals surface area contributed by atoms with Crippen LogP contribution in [0.25, 0.3) is 0 Å². The van der Waals surface area contributed by atoms with Gasteiger partial charge in [-0.2, -0.15) is 0 Å². The van der Waals surface area contributed by atoms with Gasteiger partial charge in [0, 0.05) is 16.3 Å². The fraction of sp³-hybridized carbons (Fsp3) is 0.174. The van der Waals surface area contributed by atoms with Crippen LogP contribution >= 0.6 is 46.1 Å². The van der Waals surface area contributed by atoms with E-state index in [1.54, 1.807) is 39.0 Å². The Kier molecular flexibility index (Phi) is 8.02. The molecule has 0 aliphatic heterocycles. The summed E-state index contributed by atoms with van der Waals surface area (Å²) in [6.07, 6.45) is 0. The average Bonchev–Trinajstić information content (AvgIpc) is 3.09. The highest BCUT2D eigenvalue weighted by Gasteiger charge is 2.27. The smallest absolute Gasteiger partial charge is 0.341 e. The zero-order valence-corrected chi connectivity index (χ0v) is 20.9. The fourth-order valence-electron chi connectivity index (χ4n) is 3.00. The first-order chi connectivity index (χ1) is 15.6. The molecule has 0 aliphatic carbocycles. The van der Waals surface area contributed by atoms with Gasteiger partial charge in [0.25, 0.3) is 11.8 Å². The third kappa shape index (κ3) is 5.50. The first-order valence-corrected chi connectivity index (χ1v) is 11.7. The van der Waals surface area contributed by atoms with Crippen LogP contribution in [-0.2, 0) is 4.74 Å². The van der Waals surface area contributed by atoms with Crippen molar-refractivity contribution < 1.29 is 19.1 Å². The summed E-state index contributed by atoms with van der Waals surface area (Å²) < 4.78 is 5.15. The maximum Gasteiger partial charge on any atom is 0.341 e. The van der Waals surface area contributed by atoms with E-state index in [2.05, 4.69) is 10.6 Å². The molecule has 6 nitrogen and oxygen atoms in total. The number of amides is 2. The predicted octanol–water partition coefficient (Wildman–Crippen LogP) is 7.01. The number of carbonyl (C=O) groups is 3. The van der Waals surface area contributed by atoms with Gasteiger partial charge in [-0.05, 0) is 62.2 Å². The van der Waals surface area contributed by atoms with E-state index >= 15 is 0 Å². The van der Waals surface area contributed by atoms with E-state index in [9.17, 15) is 14.4 Å². The minimum Gasteiger partial charge on any atom is -0.462 e. The quantitative estimate of drug-likeness (QED) is 0.339. The lowest BCUT2D eigenvalue weighted by Gasteiger charge is -2.09. The van der Waals surface area contributed by atoms with Crippen molar-refractivity contribution in [2.75, 3.05) is 17.2 Å². The molecule has 0 bridgehead atoms. The largest absolute Gasteiger partial charge is 0.462 e. The Morgan fingerprint density at radius 3 is 2.30 bits per heavy atom. The van der Waals surface area contributed by atoms with Crippen molar-refractivity contribution in [2.45, 2.75) is 20.8 Å². The zero-order valence-electron chi connectivity index (χ0n) is 17.8. The summed E-state index contributed by atoms with van der Waals surface area (Å²) in [6, 6.07) is 9.58. The first-order valence-electron chi connectivity index (χ1n) is 9.77. The van der Waals surface area contributed by atoms with E-state index in [1.165, 1.54) is 18.2 Å². The number of anilines is 2. The second kappa shape index (κ2) is 10.6. The van der Waals surface area contributed by atoms with Crippen molar-refractivity contribution >= 4 is 74.6 Å². The molecule has 3 rings (SSSR count). The molecule has 2 aromatic carbocycles. The van der Waals surface area contributed by atoms with Crippen LogP contribution < -0.4 is 10.6 Å². The number of benzene rings is 2. The van der Waals surface area contributed by atoms with Gasteiger partial charge in [-0.15, -0.1) is 11.3 Å². The van der Waals surface area contributed by atoms with E-state index in [0.29, 0.717) is 26.9 Å². The number of esters is 1. The van der Waals surface area contributed by atoms with E-state index < -0.39 is 17.8 Å². The SMILES string of the molecule is CCOC(=O)c1c(NC(=O)c2ccc(Cl)c(Cl)c2)sc(C(=O)Nc2cccc(Cl)c2C)c1C. The molecule has 2 amide bonds. The van der Waals surface area contributed by atoms with Crippen molar-refractivity contribution in [3.8, 4) is 0 Å². The number of thiophene rings is 1. The van der Waals surface area contributed by atoms with E-state index in [4.69, 9.17) is 39.5 Å². The predicted molar refractivity (Wildman–Crippen MR) is 134 cm³/mol. The molecule has 0 atom stereocenters. The van der Waals surface area contributed by atoms with Crippen molar-refractivity contribution in [3.63, 3.8) is 0 Å². The Morgan fingerprint density at radius 1 is 0.909 bits per heavy atom. The average molecular weight is 526 g/mol. The van der Waals surface area contributed by atoms with Crippen molar-refractivity contribution in [2.24, 2.45) is 0 Å². The van der Waals surface area contributed by atoms with Crippen molar-refractivity contribution in [3.05, 3.63) is 78.6 Å². The molecule has 172 valence electrons. The van der Waals surface area contributed by atoms with Crippen LogP contribution in [-0.4, -0.2) is 24.4 Å². The number of carbonyl (C=O) groups excluding carboxylic acids is 3. The molecule has 1 aromatic heterocycles. The van der Waals surface area contributed by atoms with Crippen LogP contribution in [0.2, 0.25) is 15.1 Å². The maximum atomic E-state index is 13.0. The Bertz CT molecular complexity index is 1260. The third-order valence-electron chi connectivity index (χ3n) is 4.76. The molecule has 0 unspecified atom stereocenters. The maximum absolute atomic E-state index is 13.0. The zero-order chi connectivity index (χ0) is 24.3. The molecular formula is C23H19Cl3N2O4S. The highest BCUT2D eigenvalue weighted by Crippen LogP contribution is 2.35. The van der Waals surface area contributed by atoms with Crippen LogP contribution in [0.3, 0.4) is 0 Å². The Labute approximate surface area is 209 Å². The van der Waals surface area contributed by atoms with Gasteiger partial charge < -0.3 is 15.4 Å². The molecule has 2 N–H and O–H groups in total. The number of halogens is 3. The lowest BCUT2D eigenvalue weighted by molar-refractivity contribution is 0.0527. The van der Waals surface area contributed by atoms with Crippen LogP contribution in [0.4, 0.5) is 10.7 Å². The Morgan fingerprint density at radius 2 is 1.64 bits per heavy atom. The molecule has 0 aliphatic rings. The Hall–Kier alpha value is -2.58. The van der Waals surface area contributed by atoms with Gasteiger partial charge >= 0.3 is 5.97 Å². The highest BCUT2D eigenvalue weighted by atomic mass is 35.5. The fourth-order valence-corrected chi connectivity index (χ4v) is 4.56. The van der Waals surface area contributed by atoms with Gasteiger partial charge in [0.05, 0.1) is 27.1 Å². The lowest BCUT2D eigenvalue weighted by atomic mass is 10.1. The number of hydrogen-bond acceptors (Lipinski definition) is 5. The highest BCUT2D eigenvalue weighted by molar-refractivity contribution is 7.19. The van der Waals surface area contributed by atoms with Gasteiger partial charge in [0.1, 0.15) is 5.00 Å². The molecule has 33 heavy (non-hydrogen) atoms. The van der Waals surface area contributed by atoms with Gasteiger partial charge in [-0.3, -0.25) is 9.59 Å². The van der Waals surface area contributed by atoms with Gasteiger partial charge in [-0.1, -0.05) is 40.9 Å². The third-order valence-corrected chi connectivity index (χ3v) is 7.11. The second-order valence-corrected chi connectivity index (χ2v) is 9.17. The summed E-state index contributed by atoms with van der Waals surface area (Å²) >= 11 is 19.0. The number of hydrogen-bond donors (Lipinski definition) is 2. The molecular weight excluding hydrogens is 507 g/mol. The first kappa shape index (κ1) is 25.1. The normalized spacial score (nSPS) is 10.6. The second-order valence-electron chi connectivity index (χ2n) is 6.93. The summed E-state index contributed by atoms with van der Waals surface area (Å²) in [4.78, 5) is 38.7. The summed E-state index contributed by atoms with van der Waals surface area (Å²) in [5.74, 6) is -1.60. The summed E-state index contributed by atoms with van der Waals surface area (Å²) in [5.41, 5.74) is 1.99. The van der Waals surface area contributed by atoms with Crippen molar-refractivity contribution in [1.29, 1.82) is 0 Å². The Balaban J connectivity index is 1.97. The van der Waals surface area contributed by atoms with Gasteiger partial charge in [0.15, 0.2) is 0 Å². The summed E-state index contributed by atoms with van der Waals surface area (Å²) in [6.45, 7) is 5.21. The molecule has 0 saturated heterocycles. The monoisotopic (exact) mass is 524 g/mol. The minimum absolute atomic E-state index is 0.114.